The Hall–Kier alpha value is -1.17. The van der Waals surface area contributed by atoms with Crippen molar-refractivity contribution in [1.82, 2.24) is 4.98 Å². The van der Waals surface area contributed by atoms with Crippen LogP contribution in [0.4, 0.5) is 5.69 Å². The summed E-state index contributed by atoms with van der Waals surface area (Å²) in [5.74, 6) is 0. The van der Waals surface area contributed by atoms with E-state index in [-0.39, 0.29) is 18.8 Å². The third-order valence-corrected chi connectivity index (χ3v) is 3.09. The number of anilines is 1. The SMILES string of the molecule is CC1CN(c2ccc([C@@H](C)O)nc2)CC(CO)O1. The molecule has 0 amide bonds. The Morgan fingerprint density at radius 1 is 1.50 bits per heavy atom. The van der Waals surface area contributed by atoms with Gasteiger partial charge in [0.15, 0.2) is 0 Å². The molecule has 1 aliphatic rings. The van der Waals surface area contributed by atoms with Crippen molar-refractivity contribution in [3.8, 4) is 0 Å². The molecule has 0 aliphatic carbocycles. The molecule has 2 N–H and O–H groups in total. The molecule has 5 nitrogen and oxygen atoms in total. The molecule has 2 heterocycles. The van der Waals surface area contributed by atoms with Crippen molar-refractivity contribution in [2.75, 3.05) is 24.6 Å². The lowest BCUT2D eigenvalue weighted by molar-refractivity contribution is -0.0421. The van der Waals surface area contributed by atoms with Gasteiger partial charge in [0.2, 0.25) is 0 Å². The molecule has 2 rings (SSSR count). The summed E-state index contributed by atoms with van der Waals surface area (Å²) in [4.78, 5) is 6.38. The van der Waals surface area contributed by atoms with Crippen LogP contribution in [0, 0.1) is 0 Å². The third kappa shape index (κ3) is 2.98. The van der Waals surface area contributed by atoms with E-state index in [9.17, 15) is 10.2 Å². The number of aromatic nitrogens is 1. The van der Waals surface area contributed by atoms with E-state index < -0.39 is 6.10 Å². The maximum absolute atomic E-state index is 9.42. The number of pyridine rings is 1. The molecule has 1 saturated heterocycles. The van der Waals surface area contributed by atoms with Gasteiger partial charge < -0.3 is 19.8 Å². The first-order valence-electron chi connectivity index (χ1n) is 6.25. The fourth-order valence-electron chi connectivity index (χ4n) is 2.19. The highest BCUT2D eigenvalue weighted by atomic mass is 16.5. The van der Waals surface area contributed by atoms with Crippen LogP contribution in [0.2, 0.25) is 0 Å². The number of rotatable bonds is 3. The molecule has 1 aromatic rings. The Balaban J connectivity index is 2.10. The molecule has 18 heavy (non-hydrogen) atoms. The van der Waals surface area contributed by atoms with Crippen molar-refractivity contribution in [2.24, 2.45) is 0 Å². The number of morpholine rings is 1. The summed E-state index contributed by atoms with van der Waals surface area (Å²) in [5.41, 5.74) is 1.66. The summed E-state index contributed by atoms with van der Waals surface area (Å²) in [7, 11) is 0. The van der Waals surface area contributed by atoms with Gasteiger partial charge >= 0.3 is 0 Å². The Morgan fingerprint density at radius 2 is 2.28 bits per heavy atom. The van der Waals surface area contributed by atoms with Gasteiger partial charge in [0.25, 0.3) is 0 Å². The maximum atomic E-state index is 9.42. The zero-order valence-corrected chi connectivity index (χ0v) is 10.8. The Morgan fingerprint density at radius 3 is 2.83 bits per heavy atom. The van der Waals surface area contributed by atoms with Gasteiger partial charge in [-0.3, -0.25) is 4.98 Å². The van der Waals surface area contributed by atoms with Crippen LogP contribution >= 0.6 is 0 Å². The average Bonchev–Trinajstić information content (AvgIpc) is 2.38. The molecule has 5 heteroatoms. The Labute approximate surface area is 107 Å². The van der Waals surface area contributed by atoms with Gasteiger partial charge in [0, 0.05) is 13.1 Å². The Bertz CT molecular complexity index is 380. The van der Waals surface area contributed by atoms with Crippen LogP contribution in [0.15, 0.2) is 18.3 Å². The summed E-state index contributed by atoms with van der Waals surface area (Å²) in [5, 5.41) is 18.6. The topological polar surface area (TPSA) is 65.8 Å². The molecular weight excluding hydrogens is 232 g/mol. The molecule has 0 bridgehead atoms. The maximum Gasteiger partial charge on any atom is 0.0984 e. The van der Waals surface area contributed by atoms with Crippen molar-refractivity contribution in [3.63, 3.8) is 0 Å². The second-order valence-corrected chi connectivity index (χ2v) is 4.77. The number of aliphatic hydroxyl groups is 2. The molecule has 1 aromatic heterocycles. The zero-order chi connectivity index (χ0) is 13.1. The lowest BCUT2D eigenvalue weighted by atomic mass is 10.2. The van der Waals surface area contributed by atoms with Crippen molar-refractivity contribution in [3.05, 3.63) is 24.0 Å². The van der Waals surface area contributed by atoms with Crippen LogP contribution in [0.5, 0.6) is 0 Å². The first-order chi connectivity index (χ1) is 8.60. The molecule has 0 spiro atoms. The van der Waals surface area contributed by atoms with Crippen LogP contribution in [0.1, 0.15) is 25.6 Å². The zero-order valence-electron chi connectivity index (χ0n) is 10.8. The predicted molar refractivity (Wildman–Crippen MR) is 68.5 cm³/mol. The van der Waals surface area contributed by atoms with E-state index in [1.807, 2.05) is 19.1 Å². The smallest absolute Gasteiger partial charge is 0.0984 e. The number of hydrogen-bond donors (Lipinski definition) is 2. The van der Waals surface area contributed by atoms with Crippen LogP contribution in [0.25, 0.3) is 0 Å². The number of nitrogens with zero attached hydrogens (tertiary/aromatic N) is 2. The van der Waals surface area contributed by atoms with E-state index in [4.69, 9.17) is 4.74 Å². The van der Waals surface area contributed by atoms with Gasteiger partial charge in [-0.1, -0.05) is 0 Å². The Kier molecular flexibility index (Phi) is 4.16. The summed E-state index contributed by atoms with van der Waals surface area (Å²) >= 11 is 0. The summed E-state index contributed by atoms with van der Waals surface area (Å²) in [6, 6.07) is 3.77. The van der Waals surface area contributed by atoms with E-state index in [0.29, 0.717) is 12.2 Å². The lowest BCUT2D eigenvalue weighted by Crippen LogP contribution is -2.48. The fourth-order valence-corrected chi connectivity index (χ4v) is 2.19. The second kappa shape index (κ2) is 5.65. The molecule has 100 valence electrons. The predicted octanol–water partition coefficient (Wildman–Crippen LogP) is 0.721. The molecule has 0 aromatic carbocycles. The van der Waals surface area contributed by atoms with Gasteiger partial charge in [-0.15, -0.1) is 0 Å². The summed E-state index contributed by atoms with van der Waals surface area (Å²) in [6.45, 7) is 5.16. The highest BCUT2D eigenvalue weighted by Gasteiger charge is 2.25. The van der Waals surface area contributed by atoms with Crippen LogP contribution in [0.3, 0.4) is 0 Å². The molecule has 1 aliphatic heterocycles. The number of hydrogen-bond acceptors (Lipinski definition) is 5. The van der Waals surface area contributed by atoms with Crippen LogP contribution in [-0.2, 0) is 4.74 Å². The summed E-state index contributed by atoms with van der Waals surface area (Å²) in [6.07, 6.45) is 1.15. The van der Waals surface area contributed by atoms with E-state index in [0.717, 1.165) is 12.2 Å². The molecule has 0 radical (unpaired) electrons. The first-order valence-corrected chi connectivity index (χ1v) is 6.25. The minimum atomic E-state index is -0.548. The quantitative estimate of drug-likeness (QED) is 0.830. The fraction of sp³-hybridized carbons (Fsp3) is 0.615. The van der Waals surface area contributed by atoms with Crippen molar-refractivity contribution in [2.45, 2.75) is 32.2 Å². The molecule has 3 atom stereocenters. The van der Waals surface area contributed by atoms with Gasteiger partial charge in [0.1, 0.15) is 0 Å². The van der Waals surface area contributed by atoms with Crippen molar-refractivity contribution < 1.29 is 14.9 Å². The van der Waals surface area contributed by atoms with Gasteiger partial charge in [-0.05, 0) is 26.0 Å². The van der Waals surface area contributed by atoms with Crippen molar-refractivity contribution >= 4 is 5.69 Å². The standard InChI is InChI=1S/C13H20N2O3/c1-9-6-15(7-12(8-16)18-9)11-3-4-13(10(2)17)14-5-11/h3-5,9-10,12,16-17H,6-8H2,1-2H3/t9?,10-,12?/m1/s1. The normalized spacial score (nSPS) is 26.1. The highest BCUT2D eigenvalue weighted by molar-refractivity contribution is 5.45. The number of ether oxygens (including phenoxy) is 1. The third-order valence-electron chi connectivity index (χ3n) is 3.09. The number of aliphatic hydroxyl groups excluding tert-OH is 2. The highest BCUT2D eigenvalue weighted by Crippen LogP contribution is 2.21. The van der Waals surface area contributed by atoms with E-state index in [2.05, 4.69) is 9.88 Å². The van der Waals surface area contributed by atoms with Gasteiger partial charge in [-0.25, -0.2) is 0 Å². The van der Waals surface area contributed by atoms with Gasteiger partial charge in [-0.2, -0.15) is 0 Å². The van der Waals surface area contributed by atoms with Gasteiger partial charge in [0.05, 0.1) is 42.5 Å². The summed E-state index contributed by atoms with van der Waals surface area (Å²) < 4.78 is 5.60. The lowest BCUT2D eigenvalue weighted by Gasteiger charge is -2.37. The monoisotopic (exact) mass is 252 g/mol. The average molecular weight is 252 g/mol. The largest absolute Gasteiger partial charge is 0.394 e. The van der Waals surface area contributed by atoms with E-state index >= 15 is 0 Å². The minimum absolute atomic E-state index is 0.0278. The molecule has 0 saturated carbocycles. The minimum Gasteiger partial charge on any atom is -0.394 e. The van der Waals surface area contributed by atoms with Crippen molar-refractivity contribution in [1.29, 1.82) is 0 Å². The first kappa shape index (κ1) is 13.3. The van der Waals surface area contributed by atoms with E-state index in [1.54, 1.807) is 13.1 Å². The van der Waals surface area contributed by atoms with E-state index in [1.165, 1.54) is 0 Å². The van der Waals surface area contributed by atoms with Crippen LogP contribution in [-0.4, -0.2) is 47.1 Å². The molecule has 2 unspecified atom stereocenters. The second-order valence-electron chi connectivity index (χ2n) is 4.77. The molecule has 1 fully saturated rings. The van der Waals surface area contributed by atoms with Crippen LogP contribution < -0.4 is 4.90 Å². The molecular formula is C13H20N2O3.